The van der Waals surface area contributed by atoms with Crippen LogP contribution in [0, 0.1) is 5.82 Å². The van der Waals surface area contributed by atoms with Gasteiger partial charge in [-0.05, 0) is 42.5 Å². The normalized spacial score (nSPS) is 11.5. The molecule has 3 N–H and O–H groups in total. The molecule has 1 aromatic heterocycles. The van der Waals surface area contributed by atoms with Gasteiger partial charge in [0.2, 0.25) is 11.7 Å². The van der Waals surface area contributed by atoms with E-state index in [-0.39, 0.29) is 42.7 Å². The van der Waals surface area contributed by atoms with Crippen molar-refractivity contribution in [2.24, 2.45) is 5.73 Å². The first-order valence-corrected chi connectivity index (χ1v) is 8.32. The molecule has 1 heterocycles. The van der Waals surface area contributed by atoms with E-state index in [9.17, 15) is 9.18 Å². The van der Waals surface area contributed by atoms with E-state index < -0.39 is 17.8 Å². The SMILES string of the molecule is Cl.N[C@@H](CC(=O)O)Cc1nc(-c2ccc(Oc3ccc(Cl)cc3)c(F)c2)no1. The minimum atomic E-state index is -1.01. The Hall–Kier alpha value is -2.68. The molecule has 0 fully saturated rings. The van der Waals surface area contributed by atoms with Gasteiger partial charge in [0, 0.05) is 23.0 Å². The Morgan fingerprint density at radius 3 is 2.64 bits per heavy atom. The molecule has 10 heteroatoms. The molecule has 148 valence electrons. The fraction of sp³-hybridized carbons (Fsp3) is 0.167. The number of ether oxygens (including phenoxy) is 1. The van der Waals surface area contributed by atoms with Gasteiger partial charge in [-0.15, -0.1) is 12.4 Å². The van der Waals surface area contributed by atoms with Gasteiger partial charge in [-0.1, -0.05) is 16.8 Å². The van der Waals surface area contributed by atoms with Crippen LogP contribution in [-0.4, -0.2) is 27.3 Å². The van der Waals surface area contributed by atoms with Gasteiger partial charge in [0.1, 0.15) is 5.75 Å². The van der Waals surface area contributed by atoms with Crippen molar-refractivity contribution >= 4 is 30.0 Å². The summed E-state index contributed by atoms with van der Waals surface area (Å²) in [5.74, 6) is -0.782. The minimum absolute atomic E-state index is 0. The van der Waals surface area contributed by atoms with E-state index >= 15 is 0 Å². The molecule has 0 saturated carbocycles. The summed E-state index contributed by atoms with van der Waals surface area (Å²) in [6.45, 7) is 0. The lowest BCUT2D eigenvalue weighted by Crippen LogP contribution is -2.26. The standard InChI is InChI=1S/C18H15ClFN3O4.ClH/c19-11-2-4-13(5-3-11)26-15-6-1-10(7-14(15)20)18-22-16(27-23-18)8-12(21)9-17(24)25;/h1-7,12H,8-9,21H2,(H,24,25);1H/t12-;/m1./s1. The summed E-state index contributed by atoms with van der Waals surface area (Å²) in [5, 5.41) is 13.0. The summed E-state index contributed by atoms with van der Waals surface area (Å²) in [5.41, 5.74) is 6.07. The monoisotopic (exact) mass is 427 g/mol. The van der Waals surface area contributed by atoms with E-state index in [0.29, 0.717) is 16.3 Å². The molecule has 7 nitrogen and oxygen atoms in total. The Balaban J connectivity index is 0.00000280. The van der Waals surface area contributed by atoms with Gasteiger partial charge in [0.05, 0.1) is 6.42 Å². The minimum Gasteiger partial charge on any atom is -0.481 e. The Morgan fingerprint density at radius 1 is 1.29 bits per heavy atom. The first-order valence-electron chi connectivity index (χ1n) is 7.94. The average Bonchev–Trinajstić information content (AvgIpc) is 3.06. The van der Waals surface area contributed by atoms with Crippen LogP contribution < -0.4 is 10.5 Å². The lowest BCUT2D eigenvalue weighted by molar-refractivity contribution is -0.137. The molecule has 0 aliphatic rings. The van der Waals surface area contributed by atoms with Crippen molar-refractivity contribution in [1.29, 1.82) is 0 Å². The summed E-state index contributed by atoms with van der Waals surface area (Å²) in [4.78, 5) is 14.8. The molecule has 0 radical (unpaired) electrons. The molecule has 0 unspecified atom stereocenters. The maximum atomic E-state index is 14.3. The molecule has 0 spiro atoms. The quantitative estimate of drug-likeness (QED) is 0.583. The number of aliphatic carboxylic acids is 1. The fourth-order valence-electron chi connectivity index (χ4n) is 2.33. The van der Waals surface area contributed by atoms with Crippen LogP contribution in [0.5, 0.6) is 11.5 Å². The number of hydrogen-bond acceptors (Lipinski definition) is 6. The van der Waals surface area contributed by atoms with E-state index in [1.165, 1.54) is 12.1 Å². The fourth-order valence-corrected chi connectivity index (χ4v) is 2.45. The summed E-state index contributed by atoms with van der Waals surface area (Å²) in [7, 11) is 0. The molecule has 0 aliphatic carbocycles. The second-order valence-corrected chi connectivity index (χ2v) is 6.21. The van der Waals surface area contributed by atoms with Crippen LogP contribution >= 0.6 is 24.0 Å². The third-order valence-electron chi connectivity index (χ3n) is 3.57. The Labute approximate surface area is 170 Å². The zero-order chi connectivity index (χ0) is 19.4. The molecule has 0 aliphatic heterocycles. The molecule has 0 amide bonds. The number of carboxylic acid groups (broad SMARTS) is 1. The number of aromatic nitrogens is 2. The maximum Gasteiger partial charge on any atom is 0.304 e. The van der Waals surface area contributed by atoms with Crippen LogP contribution in [0.25, 0.3) is 11.4 Å². The zero-order valence-electron chi connectivity index (χ0n) is 14.3. The number of benzene rings is 2. The van der Waals surface area contributed by atoms with Gasteiger partial charge < -0.3 is 20.1 Å². The van der Waals surface area contributed by atoms with Crippen molar-refractivity contribution in [1.82, 2.24) is 10.1 Å². The lowest BCUT2D eigenvalue weighted by atomic mass is 10.1. The van der Waals surface area contributed by atoms with Crippen molar-refractivity contribution in [2.45, 2.75) is 18.9 Å². The molecule has 2 aromatic carbocycles. The third kappa shape index (κ3) is 5.66. The van der Waals surface area contributed by atoms with Crippen LogP contribution in [0.4, 0.5) is 4.39 Å². The van der Waals surface area contributed by atoms with Crippen molar-refractivity contribution < 1.29 is 23.6 Å². The first-order chi connectivity index (χ1) is 12.9. The zero-order valence-corrected chi connectivity index (χ0v) is 15.9. The summed E-state index contributed by atoms with van der Waals surface area (Å²) in [6.07, 6.45) is -0.109. The van der Waals surface area contributed by atoms with Crippen LogP contribution in [0.2, 0.25) is 5.02 Å². The van der Waals surface area contributed by atoms with E-state index in [2.05, 4.69) is 10.1 Å². The number of hydrogen-bond donors (Lipinski definition) is 2. The Kier molecular flexibility index (Phi) is 7.33. The van der Waals surface area contributed by atoms with Crippen molar-refractivity contribution in [3.63, 3.8) is 0 Å². The molecule has 3 rings (SSSR count). The molecule has 0 saturated heterocycles. The van der Waals surface area contributed by atoms with Gasteiger partial charge in [0.15, 0.2) is 11.6 Å². The van der Waals surface area contributed by atoms with Gasteiger partial charge in [-0.25, -0.2) is 4.39 Å². The first kappa shape index (κ1) is 21.6. The van der Waals surface area contributed by atoms with Crippen molar-refractivity contribution in [3.8, 4) is 22.9 Å². The van der Waals surface area contributed by atoms with Gasteiger partial charge in [-0.3, -0.25) is 4.79 Å². The average molecular weight is 428 g/mol. The number of nitrogens with two attached hydrogens (primary N) is 1. The van der Waals surface area contributed by atoms with Crippen LogP contribution in [-0.2, 0) is 11.2 Å². The molecule has 28 heavy (non-hydrogen) atoms. The van der Waals surface area contributed by atoms with Crippen LogP contribution in [0.15, 0.2) is 47.0 Å². The number of carboxylic acids is 1. The largest absolute Gasteiger partial charge is 0.481 e. The van der Waals surface area contributed by atoms with E-state index in [0.717, 1.165) is 0 Å². The highest BCUT2D eigenvalue weighted by Crippen LogP contribution is 2.28. The van der Waals surface area contributed by atoms with Crippen molar-refractivity contribution in [2.75, 3.05) is 0 Å². The summed E-state index contributed by atoms with van der Waals surface area (Å²) >= 11 is 5.80. The van der Waals surface area contributed by atoms with E-state index in [4.69, 9.17) is 31.7 Å². The maximum absolute atomic E-state index is 14.3. The van der Waals surface area contributed by atoms with Gasteiger partial charge in [0.25, 0.3) is 0 Å². The Morgan fingerprint density at radius 2 is 2.00 bits per heavy atom. The Bertz CT molecular complexity index is 950. The predicted molar refractivity (Wildman–Crippen MR) is 102 cm³/mol. The number of carbonyl (C=O) groups is 1. The second-order valence-electron chi connectivity index (χ2n) is 5.77. The lowest BCUT2D eigenvalue weighted by Gasteiger charge is -2.07. The molecular formula is C18H16Cl2FN3O4. The van der Waals surface area contributed by atoms with Crippen LogP contribution in [0.1, 0.15) is 12.3 Å². The predicted octanol–water partition coefficient (Wildman–Crippen LogP) is 4.09. The number of halogens is 3. The van der Waals surface area contributed by atoms with Crippen LogP contribution in [0.3, 0.4) is 0 Å². The van der Waals surface area contributed by atoms with E-state index in [1.54, 1.807) is 30.3 Å². The highest BCUT2D eigenvalue weighted by molar-refractivity contribution is 6.30. The number of rotatable bonds is 7. The second kappa shape index (κ2) is 9.50. The highest BCUT2D eigenvalue weighted by atomic mass is 35.5. The topological polar surface area (TPSA) is 111 Å². The highest BCUT2D eigenvalue weighted by Gasteiger charge is 2.16. The molecule has 1 atom stereocenters. The third-order valence-corrected chi connectivity index (χ3v) is 3.83. The van der Waals surface area contributed by atoms with Crippen molar-refractivity contribution in [3.05, 3.63) is 59.2 Å². The van der Waals surface area contributed by atoms with E-state index in [1.807, 2.05) is 0 Å². The molecular weight excluding hydrogens is 412 g/mol. The number of nitrogens with zero attached hydrogens (tertiary/aromatic N) is 2. The summed E-state index contributed by atoms with van der Waals surface area (Å²) in [6, 6.07) is 10.1. The van der Waals surface area contributed by atoms with Gasteiger partial charge in [-0.2, -0.15) is 4.98 Å². The summed E-state index contributed by atoms with van der Waals surface area (Å²) < 4.78 is 24.9. The molecule has 0 bridgehead atoms. The smallest absolute Gasteiger partial charge is 0.304 e. The molecule has 3 aromatic rings. The van der Waals surface area contributed by atoms with Gasteiger partial charge >= 0.3 is 5.97 Å².